The number of fused-ring (bicyclic) bond motifs is 1. The maximum absolute atomic E-state index is 4.70. The summed E-state index contributed by atoms with van der Waals surface area (Å²) < 4.78 is 0.656. The lowest BCUT2D eigenvalue weighted by molar-refractivity contribution is -0.877. The van der Waals surface area contributed by atoms with Gasteiger partial charge >= 0.3 is 0 Å². The first-order chi connectivity index (χ1) is 6.56. The van der Waals surface area contributed by atoms with E-state index in [0.717, 1.165) is 12.8 Å². The predicted octanol–water partition coefficient (Wildman–Crippen LogP) is 2.04. The standard InChI is InChI=1S/C12H17N2/c1-14(2,3)13-12-9-8-10-6-4-5-7-11(10)12/h4-7H,8-9H2,1-3H3/q+1. The fourth-order valence-corrected chi connectivity index (χ4v) is 1.87. The molecule has 0 unspecified atom stereocenters. The van der Waals surface area contributed by atoms with Crippen molar-refractivity contribution in [3.63, 3.8) is 0 Å². The van der Waals surface area contributed by atoms with Crippen LogP contribution in [-0.2, 0) is 6.42 Å². The third-order valence-electron chi connectivity index (χ3n) is 2.38. The van der Waals surface area contributed by atoms with Crippen LogP contribution in [0.15, 0.2) is 29.4 Å². The first kappa shape index (κ1) is 9.41. The molecule has 1 aliphatic carbocycles. The van der Waals surface area contributed by atoms with Crippen LogP contribution in [0.1, 0.15) is 17.5 Å². The summed E-state index contributed by atoms with van der Waals surface area (Å²) in [6.07, 6.45) is 2.24. The lowest BCUT2D eigenvalue weighted by Gasteiger charge is -2.16. The molecule has 0 radical (unpaired) electrons. The number of hydrogen-bond donors (Lipinski definition) is 0. The van der Waals surface area contributed by atoms with Gasteiger partial charge in [0.15, 0.2) is 0 Å². The SMILES string of the molecule is C[N+](C)(C)N=C1CCc2ccccc21. The Morgan fingerprint density at radius 2 is 1.79 bits per heavy atom. The average Bonchev–Trinajstić information content (AvgIpc) is 2.47. The molecule has 1 aliphatic rings. The Morgan fingerprint density at radius 1 is 1.07 bits per heavy atom. The number of aryl methyl sites for hydroxylation is 1. The van der Waals surface area contributed by atoms with Crippen molar-refractivity contribution in [2.24, 2.45) is 5.10 Å². The van der Waals surface area contributed by atoms with Gasteiger partial charge in [0, 0.05) is 5.56 Å². The molecule has 2 heteroatoms. The number of nitrogens with zero attached hydrogens (tertiary/aromatic N) is 2. The molecule has 1 aromatic rings. The molecule has 0 saturated carbocycles. The van der Waals surface area contributed by atoms with Gasteiger partial charge in [-0.15, -0.1) is 0 Å². The zero-order chi connectivity index (χ0) is 10.2. The topological polar surface area (TPSA) is 12.4 Å². The maximum Gasteiger partial charge on any atom is 0.104 e. The molecule has 0 heterocycles. The van der Waals surface area contributed by atoms with E-state index in [0.29, 0.717) is 4.59 Å². The van der Waals surface area contributed by atoms with Crippen molar-refractivity contribution >= 4 is 5.71 Å². The second-order valence-corrected chi connectivity index (χ2v) is 4.65. The van der Waals surface area contributed by atoms with Gasteiger partial charge in [0.25, 0.3) is 0 Å². The third kappa shape index (κ3) is 1.85. The Hall–Kier alpha value is -1.15. The van der Waals surface area contributed by atoms with Crippen molar-refractivity contribution < 1.29 is 4.59 Å². The first-order valence-corrected chi connectivity index (χ1v) is 5.05. The minimum atomic E-state index is 0.656. The largest absolute Gasteiger partial charge is 0.205 e. The van der Waals surface area contributed by atoms with Crippen molar-refractivity contribution in [1.82, 2.24) is 0 Å². The van der Waals surface area contributed by atoms with E-state index in [1.807, 2.05) is 0 Å². The van der Waals surface area contributed by atoms with Crippen molar-refractivity contribution in [2.75, 3.05) is 21.1 Å². The highest BCUT2D eigenvalue weighted by Gasteiger charge is 2.20. The van der Waals surface area contributed by atoms with Gasteiger partial charge in [0.05, 0.1) is 21.1 Å². The maximum atomic E-state index is 4.70. The molecule has 0 amide bonds. The number of rotatable bonds is 1. The molecule has 0 aromatic heterocycles. The van der Waals surface area contributed by atoms with Crippen molar-refractivity contribution in [1.29, 1.82) is 0 Å². The van der Waals surface area contributed by atoms with Gasteiger partial charge in [-0.2, -0.15) is 0 Å². The minimum absolute atomic E-state index is 0.656. The summed E-state index contributed by atoms with van der Waals surface area (Å²) in [6, 6.07) is 8.58. The molecule has 0 saturated heterocycles. The Labute approximate surface area is 85.5 Å². The van der Waals surface area contributed by atoms with Gasteiger partial charge in [-0.05, 0) is 18.4 Å². The molecule has 0 N–H and O–H groups in total. The van der Waals surface area contributed by atoms with E-state index >= 15 is 0 Å². The average molecular weight is 189 g/mol. The predicted molar refractivity (Wildman–Crippen MR) is 59.3 cm³/mol. The molecule has 0 spiro atoms. The highest BCUT2D eigenvalue weighted by molar-refractivity contribution is 6.04. The second-order valence-electron chi connectivity index (χ2n) is 4.65. The van der Waals surface area contributed by atoms with Gasteiger partial charge < -0.3 is 0 Å². The summed E-state index contributed by atoms with van der Waals surface area (Å²) in [5.41, 5.74) is 4.05. The molecule has 14 heavy (non-hydrogen) atoms. The second kappa shape index (κ2) is 3.21. The lowest BCUT2D eigenvalue weighted by atomic mass is 10.1. The van der Waals surface area contributed by atoms with Gasteiger partial charge in [0.2, 0.25) is 0 Å². The summed E-state index contributed by atoms with van der Waals surface area (Å²) in [6.45, 7) is 0. The van der Waals surface area contributed by atoms with Gasteiger partial charge in [-0.3, -0.25) is 0 Å². The van der Waals surface area contributed by atoms with E-state index in [4.69, 9.17) is 5.10 Å². The van der Waals surface area contributed by atoms with Crippen LogP contribution < -0.4 is 0 Å². The molecular formula is C12H17N2+. The normalized spacial score (nSPS) is 18.6. The monoisotopic (exact) mass is 189 g/mol. The number of quaternary nitrogens is 1. The minimum Gasteiger partial charge on any atom is -0.205 e. The van der Waals surface area contributed by atoms with Gasteiger partial charge in [-0.1, -0.05) is 29.4 Å². The van der Waals surface area contributed by atoms with Crippen LogP contribution in [0.2, 0.25) is 0 Å². The molecule has 2 nitrogen and oxygen atoms in total. The zero-order valence-corrected chi connectivity index (χ0v) is 9.12. The highest BCUT2D eigenvalue weighted by atomic mass is 15.6. The molecule has 0 fully saturated rings. The Balaban J connectivity index is 2.40. The molecule has 0 atom stereocenters. The van der Waals surface area contributed by atoms with Crippen LogP contribution in [0.4, 0.5) is 0 Å². The van der Waals surface area contributed by atoms with E-state index in [1.54, 1.807) is 0 Å². The van der Waals surface area contributed by atoms with Crippen molar-refractivity contribution in [3.8, 4) is 0 Å². The summed E-state index contributed by atoms with van der Waals surface area (Å²) in [7, 11) is 6.27. The van der Waals surface area contributed by atoms with E-state index in [1.165, 1.54) is 16.8 Å². The molecule has 0 aliphatic heterocycles. The van der Waals surface area contributed by atoms with E-state index in [-0.39, 0.29) is 0 Å². The lowest BCUT2D eigenvalue weighted by Crippen LogP contribution is -2.29. The summed E-state index contributed by atoms with van der Waals surface area (Å²) in [4.78, 5) is 0. The Morgan fingerprint density at radius 3 is 2.50 bits per heavy atom. The van der Waals surface area contributed by atoms with Crippen LogP contribution in [0.5, 0.6) is 0 Å². The van der Waals surface area contributed by atoms with Crippen molar-refractivity contribution in [3.05, 3.63) is 35.4 Å². The number of benzene rings is 1. The Bertz CT molecular complexity index is 372. The smallest absolute Gasteiger partial charge is 0.104 e. The Kier molecular flexibility index (Phi) is 2.16. The fraction of sp³-hybridized carbons (Fsp3) is 0.417. The van der Waals surface area contributed by atoms with Crippen LogP contribution >= 0.6 is 0 Å². The van der Waals surface area contributed by atoms with Crippen molar-refractivity contribution in [2.45, 2.75) is 12.8 Å². The molecule has 1 aromatic carbocycles. The van der Waals surface area contributed by atoms with Gasteiger partial charge in [-0.25, -0.2) is 4.59 Å². The summed E-state index contributed by atoms with van der Waals surface area (Å²) >= 11 is 0. The van der Waals surface area contributed by atoms with Crippen LogP contribution in [-0.4, -0.2) is 31.4 Å². The quantitative estimate of drug-likeness (QED) is 0.473. The van der Waals surface area contributed by atoms with Crippen LogP contribution in [0, 0.1) is 0 Å². The fourth-order valence-electron chi connectivity index (χ4n) is 1.87. The number of hydrogen-bond acceptors (Lipinski definition) is 1. The molecule has 0 bridgehead atoms. The van der Waals surface area contributed by atoms with E-state index in [2.05, 4.69) is 45.4 Å². The van der Waals surface area contributed by atoms with E-state index in [9.17, 15) is 0 Å². The summed E-state index contributed by atoms with van der Waals surface area (Å²) in [5.74, 6) is 0. The first-order valence-electron chi connectivity index (χ1n) is 5.05. The van der Waals surface area contributed by atoms with Gasteiger partial charge in [0.1, 0.15) is 5.71 Å². The van der Waals surface area contributed by atoms with Crippen LogP contribution in [0.25, 0.3) is 0 Å². The molecule has 74 valence electrons. The van der Waals surface area contributed by atoms with Crippen LogP contribution in [0.3, 0.4) is 0 Å². The highest BCUT2D eigenvalue weighted by Crippen LogP contribution is 2.22. The van der Waals surface area contributed by atoms with E-state index < -0.39 is 0 Å². The molecular weight excluding hydrogens is 172 g/mol. The zero-order valence-electron chi connectivity index (χ0n) is 9.12. The third-order valence-corrected chi connectivity index (χ3v) is 2.38. The molecule has 2 rings (SSSR count). The summed E-state index contributed by atoms with van der Waals surface area (Å²) in [5, 5.41) is 4.70.